The van der Waals surface area contributed by atoms with E-state index in [0.717, 1.165) is 50.2 Å². The third-order valence-corrected chi connectivity index (χ3v) is 4.13. The van der Waals surface area contributed by atoms with Crippen LogP contribution in [0.1, 0.15) is 32.3 Å². The molecule has 1 fully saturated rings. The first-order chi connectivity index (χ1) is 10.7. The van der Waals surface area contributed by atoms with Crippen LogP contribution in [0.3, 0.4) is 0 Å². The Morgan fingerprint density at radius 3 is 2.87 bits per heavy atom. The van der Waals surface area contributed by atoms with Gasteiger partial charge in [0.1, 0.15) is 5.75 Å². The number of rotatable bonds is 5. The lowest BCUT2D eigenvalue weighted by atomic mass is 10.0. The number of benzene rings is 1. The van der Waals surface area contributed by atoms with Crippen molar-refractivity contribution in [3.63, 3.8) is 0 Å². The molecule has 1 aliphatic rings. The Kier molecular flexibility index (Phi) is 9.36. The molecule has 0 amide bonds. The molecule has 4 nitrogen and oxygen atoms in total. The first-order valence-electron chi connectivity index (χ1n) is 8.39. The van der Waals surface area contributed by atoms with Crippen molar-refractivity contribution < 1.29 is 4.74 Å². The van der Waals surface area contributed by atoms with Gasteiger partial charge in [-0.2, -0.15) is 0 Å². The van der Waals surface area contributed by atoms with Crippen LogP contribution in [0.25, 0.3) is 0 Å². The van der Waals surface area contributed by atoms with Gasteiger partial charge < -0.3 is 15.0 Å². The molecule has 0 radical (unpaired) electrons. The standard InChI is InChI=1S/C18H29N3O.HI/c1-4-19-18(21-13-7-8-15(2)14-21)20-12-11-16-9-5-6-10-17(16)22-3;/h5-6,9-10,15H,4,7-8,11-14H2,1-3H3,(H,19,20);1H. The average molecular weight is 431 g/mol. The van der Waals surface area contributed by atoms with Gasteiger partial charge in [0.2, 0.25) is 0 Å². The summed E-state index contributed by atoms with van der Waals surface area (Å²) in [4.78, 5) is 7.22. The van der Waals surface area contributed by atoms with Gasteiger partial charge in [0, 0.05) is 26.2 Å². The molecule has 1 heterocycles. The van der Waals surface area contributed by atoms with E-state index in [4.69, 9.17) is 9.73 Å². The van der Waals surface area contributed by atoms with E-state index in [9.17, 15) is 0 Å². The van der Waals surface area contributed by atoms with Gasteiger partial charge in [0.25, 0.3) is 0 Å². The molecular formula is C18H30IN3O. The van der Waals surface area contributed by atoms with Crippen molar-refractivity contribution in [2.24, 2.45) is 10.9 Å². The fourth-order valence-electron chi connectivity index (χ4n) is 3.00. The van der Waals surface area contributed by atoms with Crippen LogP contribution in [-0.4, -0.2) is 44.1 Å². The second-order valence-corrected chi connectivity index (χ2v) is 5.99. The summed E-state index contributed by atoms with van der Waals surface area (Å²) in [7, 11) is 1.72. The van der Waals surface area contributed by atoms with Crippen LogP contribution in [0.2, 0.25) is 0 Å². The topological polar surface area (TPSA) is 36.9 Å². The lowest BCUT2D eigenvalue weighted by molar-refractivity contribution is 0.266. The number of piperidine rings is 1. The summed E-state index contributed by atoms with van der Waals surface area (Å²) >= 11 is 0. The Bertz CT molecular complexity index is 493. The van der Waals surface area contributed by atoms with Crippen molar-refractivity contribution in [3.05, 3.63) is 29.8 Å². The second kappa shape index (κ2) is 10.7. The van der Waals surface area contributed by atoms with E-state index in [2.05, 4.69) is 36.2 Å². The predicted molar refractivity (Wildman–Crippen MR) is 108 cm³/mol. The second-order valence-electron chi connectivity index (χ2n) is 5.99. The van der Waals surface area contributed by atoms with E-state index in [1.54, 1.807) is 7.11 Å². The molecule has 1 saturated heterocycles. The molecule has 2 rings (SSSR count). The van der Waals surface area contributed by atoms with Gasteiger partial charge >= 0.3 is 0 Å². The summed E-state index contributed by atoms with van der Waals surface area (Å²) in [6.45, 7) is 8.38. The van der Waals surface area contributed by atoms with E-state index in [1.807, 2.05) is 12.1 Å². The molecule has 0 aromatic heterocycles. The average Bonchev–Trinajstić information content (AvgIpc) is 2.54. The number of guanidine groups is 1. The minimum Gasteiger partial charge on any atom is -0.496 e. The van der Waals surface area contributed by atoms with E-state index < -0.39 is 0 Å². The van der Waals surface area contributed by atoms with Gasteiger partial charge in [-0.3, -0.25) is 4.99 Å². The van der Waals surface area contributed by atoms with E-state index in [0.29, 0.717) is 0 Å². The predicted octanol–water partition coefficient (Wildman–Crippen LogP) is 3.55. The minimum atomic E-state index is 0. The molecule has 1 aromatic rings. The first kappa shape index (κ1) is 20.1. The monoisotopic (exact) mass is 431 g/mol. The quantitative estimate of drug-likeness (QED) is 0.440. The highest BCUT2D eigenvalue weighted by atomic mass is 127. The lowest BCUT2D eigenvalue weighted by Gasteiger charge is -2.33. The van der Waals surface area contributed by atoms with Gasteiger partial charge in [0.15, 0.2) is 5.96 Å². The highest BCUT2D eigenvalue weighted by molar-refractivity contribution is 14.0. The zero-order valence-electron chi connectivity index (χ0n) is 14.5. The van der Waals surface area contributed by atoms with Gasteiger partial charge in [-0.25, -0.2) is 0 Å². The maximum Gasteiger partial charge on any atom is 0.193 e. The number of likely N-dealkylation sites (tertiary alicyclic amines) is 1. The SMILES string of the molecule is CCNC(=NCCc1ccccc1OC)N1CCCC(C)C1.I. The smallest absolute Gasteiger partial charge is 0.193 e. The third-order valence-electron chi connectivity index (χ3n) is 4.13. The molecule has 0 spiro atoms. The summed E-state index contributed by atoms with van der Waals surface area (Å²) in [5, 5.41) is 3.43. The van der Waals surface area contributed by atoms with Crippen LogP contribution in [-0.2, 0) is 6.42 Å². The molecule has 1 aromatic carbocycles. The number of para-hydroxylation sites is 1. The summed E-state index contributed by atoms with van der Waals surface area (Å²) in [5.74, 6) is 2.77. The number of halogens is 1. The van der Waals surface area contributed by atoms with Crippen LogP contribution in [0.15, 0.2) is 29.3 Å². The Hall–Kier alpha value is -0.980. The van der Waals surface area contributed by atoms with Gasteiger partial charge in [-0.05, 0) is 43.7 Å². The van der Waals surface area contributed by atoms with Crippen molar-refractivity contribution in [3.8, 4) is 5.75 Å². The maximum atomic E-state index is 5.41. The number of nitrogens with one attached hydrogen (secondary N) is 1. The van der Waals surface area contributed by atoms with Crippen LogP contribution < -0.4 is 10.1 Å². The van der Waals surface area contributed by atoms with Crippen LogP contribution in [0.4, 0.5) is 0 Å². The van der Waals surface area contributed by atoms with Crippen LogP contribution in [0, 0.1) is 5.92 Å². The number of aliphatic imine (C=N–C) groups is 1. The molecule has 1 unspecified atom stereocenters. The third kappa shape index (κ3) is 6.20. The lowest BCUT2D eigenvalue weighted by Crippen LogP contribution is -2.46. The van der Waals surface area contributed by atoms with E-state index in [-0.39, 0.29) is 24.0 Å². The molecule has 0 saturated carbocycles. The highest BCUT2D eigenvalue weighted by Crippen LogP contribution is 2.18. The molecule has 0 aliphatic carbocycles. The van der Waals surface area contributed by atoms with Crippen molar-refractivity contribution in [2.75, 3.05) is 33.3 Å². The zero-order chi connectivity index (χ0) is 15.8. The van der Waals surface area contributed by atoms with Crippen molar-refractivity contribution in [1.29, 1.82) is 0 Å². The maximum absolute atomic E-state index is 5.41. The molecule has 1 atom stereocenters. The van der Waals surface area contributed by atoms with Gasteiger partial charge in [-0.1, -0.05) is 25.1 Å². The minimum absolute atomic E-state index is 0. The number of nitrogens with zero attached hydrogens (tertiary/aromatic N) is 2. The first-order valence-corrected chi connectivity index (χ1v) is 8.39. The number of methoxy groups -OCH3 is 1. The molecule has 0 bridgehead atoms. The summed E-state index contributed by atoms with van der Waals surface area (Å²) in [6, 6.07) is 8.19. The fraction of sp³-hybridized carbons (Fsp3) is 0.611. The molecule has 130 valence electrons. The van der Waals surface area contributed by atoms with Gasteiger partial charge in [0.05, 0.1) is 7.11 Å². The summed E-state index contributed by atoms with van der Waals surface area (Å²) < 4.78 is 5.41. The molecule has 1 N–H and O–H groups in total. The number of hydrogen-bond donors (Lipinski definition) is 1. The Balaban J connectivity index is 0.00000264. The highest BCUT2D eigenvalue weighted by Gasteiger charge is 2.18. The Morgan fingerprint density at radius 2 is 2.17 bits per heavy atom. The fourth-order valence-corrected chi connectivity index (χ4v) is 3.00. The largest absolute Gasteiger partial charge is 0.496 e. The summed E-state index contributed by atoms with van der Waals surface area (Å²) in [5.41, 5.74) is 1.22. The van der Waals surface area contributed by atoms with E-state index in [1.165, 1.54) is 18.4 Å². The Labute approximate surface area is 157 Å². The molecule has 1 aliphatic heterocycles. The number of ether oxygens (including phenoxy) is 1. The van der Waals surface area contributed by atoms with Crippen LogP contribution >= 0.6 is 24.0 Å². The molecular weight excluding hydrogens is 401 g/mol. The normalized spacial score (nSPS) is 18.3. The summed E-state index contributed by atoms with van der Waals surface area (Å²) in [6.07, 6.45) is 3.50. The Morgan fingerprint density at radius 1 is 1.39 bits per heavy atom. The van der Waals surface area contributed by atoms with Crippen LogP contribution in [0.5, 0.6) is 5.75 Å². The molecule has 5 heteroatoms. The number of hydrogen-bond acceptors (Lipinski definition) is 2. The van der Waals surface area contributed by atoms with Gasteiger partial charge in [-0.15, -0.1) is 24.0 Å². The van der Waals surface area contributed by atoms with Crippen molar-refractivity contribution in [1.82, 2.24) is 10.2 Å². The van der Waals surface area contributed by atoms with E-state index >= 15 is 0 Å². The van der Waals surface area contributed by atoms with Crippen molar-refractivity contribution in [2.45, 2.75) is 33.1 Å². The molecule has 23 heavy (non-hydrogen) atoms. The van der Waals surface area contributed by atoms with Crippen molar-refractivity contribution >= 4 is 29.9 Å². The zero-order valence-corrected chi connectivity index (χ0v) is 16.9.